The van der Waals surface area contributed by atoms with Gasteiger partial charge in [0.05, 0.1) is 0 Å². The number of anilines is 1. The number of hydrogen-bond donors (Lipinski definition) is 1. The molecule has 1 nitrogen and oxygen atoms in total. The number of rotatable bonds is 2. The highest BCUT2D eigenvalue weighted by Crippen LogP contribution is 2.39. The third-order valence-corrected chi connectivity index (χ3v) is 4.98. The summed E-state index contributed by atoms with van der Waals surface area (Å²) >= 11 is 0. The first kappa shape index (κ1) is 16.4. The molecular weight excluding hydrogens is 254 g/mol. The number of benzene rings is 1. The molecular formula is C20H33N. The van der Waals surface area contributed by atoms with E-state index in [4.69, 9.17) is 0 Å². The van der Waals surface area contributed by atoms with E-state index in [0.29, 0.717) is 11.5 Å². The average Bonchev–Trinajstić information content (AvgIpc) is 2.37. The topological polar surface area (TPSA) is 12.0 Å². The van der Waals surface area contributed by atoms with Crippen molar-refractivity contribution < 1.29 is 0 Å². The predicted octanol–water partition coefficient (Wildman–Crippen LogP) is 6.00. The van der Waals surface area contributed by atoms with Gasteiger partial charge >= 0.3 is 0 Å². The smallest absolute Gasteiger partial charge is 0.0342 e. The molecule has 0 bridgehead atoms. The molecule has 1 fully saturated rings. The van der Waals surface area contributed by atoms with E-state index >= 15 is 0 Å². The minimum atomic E-state index is 0.233. The third kappa shape index (κ3) is 4.25. The zero-order valence-electron chi connectivity index (χ0n) is 14.8. The second kappa shape index (κ2) is 6.02. The second-order valence-electron chi connectivity index (χ2n) is 8.84. The highest BCUT2D eigenvalue weighted by molar-refractivity contribution is 5.46. The molecule has 0 heterocycles. The molecule has 118 valence electrons. The Morgan fingerprint density at radius 2 is 1.43 bits per heavy atom. The van der Waals surface area contributed by atoms with Gasteiger partial charge in [-0.15, -0.1) is 0 Å². The molecule has 0 saturated heterocycles. The fourth-order valence-corrected chi connectivity index (χ4v) is 3.62. The lowest BCUT2D eigenvalue weighted by Gasteiger charge is -2.41. The fraction of sp³-hybridized carbons (Fsp3) is 0.700. The van der Waals surface area contributed by atoms with Crippen LogP contribution >= 0.6 is 0 Å². The maximum Gasteiger partial charge on any atom is 0.0342 e. The molecule has 1 aliphatic rings. The quantitative estimate of drug-likeness (QED) is 0.703. The van der Waals surface area contributed by atoms with Gasteiger partial charge in [0.25, 0.3) is 0 Å². The van der Waals surface area contributed by atoms with E-state index in [-0.39, 0.29) is 5.41 Å². The highest BCUT2D eigenvalue weighted by Gasteiger charge is 2.34. The lowest BCUT2D eigenvalue weighted by atomic mass is 9.69. The van der Waals surface area contributed by atoms with Crippen LogP contribution in [-0.2, 0) is 5.41 Å². The van der Waals surface area contributed by atoms with E-state index in [1.54, 1.807) is 0 Å². The Balaban J connectivity index is 2.09. The summed E-state index contributed by atoms with van der Waals surface area (Å²) in [5.41, 5.74) is 3.31. The summed E-state index contributed by atoms with van der Waals surface area (Å²) in [7, 11) is 0. The average molecular weight is 287 g/mol. The first-order chi connectivity index (χ1) is 9.68. The van der Waals surface area contributed by atoms with Crippen molar-refractivity contribution in [2.75, 3.05) is 5.32 Å². The standard InChI is InChI=1S/C20H33N/c1-19(2,3)15-11-13-16(14-12-15)21-18-10-8-7-9-17(18)20(4,5)6/h11-14,17-18,21H,7-10H2,1-6H3. The maximum absolute atomic E-state index is 3.82. The van der Waals surface area contributed by atoms with Gasteiger partial charge in [-0.25, -0.2) is 0 Å². The van der Waals surface area contributed by atoms with Crippen LogP contribution in [-0.4, -0.2) is 6.04 Å². The number of nitrogens with one attached hydrogen (secondary N) is 1. The predicted molar refractivity (Wildman–Crippen MR) is 94.0 cm³/mol. The van der Waals surface area contributed by atoms with Crippen molar-refractivity contribution in [3.05, 3.63) is 29.8 Å². The first-order valence-corrected chi connectivity index (χ1v) is 8.55. The van der Waals surface area contributed by atoms with Crippen LogP contribution in [0.3, 0.4) is 0 Å². The molecule has 0 radical (unpaired) electrons. The summed E-state index contributed by atoms with van der Waals surface area (Å²) in [5, 5.41) is 3.82. The zero-order chi connectivity index (χ0) is 15.7. The van der Waals surface area contributed by atoms with Crippen molar-refractivity contribution in [1.29, 1.82) is 0 Å². The largest absolute Gasteiger partial charge is 0.382 e. The summed E-state index contributed by atoms with van der Waals surface area (Å²) in [4.78, 5) is 0. The van der Waals surface area contributed by atoms with Gasteiger partial charge in [-0.2, -0.15) is 0 Å². The molecule has 1 aromatic rings. The SMILES string of the molecule is CC(C)(C)c1ccc(NC2CCCCC2C(C)(C)C)cc1. The molecule has 1 heteroatoms. The molecule has 0 spiro atoms. The number of hydrogen-bond acceptors (Lipinski definition) is 1. The molecule has 1 saturated carbocycles. The van der Waals surface area contributed by atoms with Gasteiger partial charge in [-0.1, -0.05) is 66.5 Å². The molecule has 0 amide bonds. The minimum Gasteiger partial charge on any atom is -0.382 e. The fourth-order valence-electron chi connectivity index (χ4n) is 3.62. The van der Waals surface area contributed by atoms with Crippen molar-refractivity contribution >= 4 is 5.69 Å². The summed E-state index contributed by atoms with van der Waals surface area (Å²) in [5.74, 6) is 0.772. The molecule has 2 rings (SSSR count). The Kier molecular flexibility index (Phi) is 4.70. The Hall–Kier alpha value is -0.980. The molecule has 1 N–H and O–H groups in total. The maximum atomic E-state index is 3.82. The van der Waals surface area contributed by atoms with E-state index in [1.807, 2.05) is 0 Å². The van der Waals surface area contributed by atoms with Crippen LogP contribution in [0.1, 0.15) is 72.8 Å². The Morgan fingerprint density at radius 3 is 1.95 bits per heavy atom. The van der Waals surface area contributed by atoms with Crippen molar-refractivity contribution in [2.24, 2.45) is 11.3 Å². The van der Waals surface area contributed by atoms with Gasteiger partial charge in [0, 0.05) is 11.7 Å². The lowest BCUT2D eigenvalue weighted by Crippen LogP contribution is -2.39. The molecule has 1 aromatic carbocycles. The van der Waals surface area contributed by atoms with Gasteiger partial charge in [0.15, 0.2) is 0 Å². The van der Waals surface area contributed by atoms with Crippen molar-refractivity contribution in [1.82, 2.24) is 0 Å². The second-order valence-corrected chi connectivity index (χ2v) is 8.84. The molecule has 0 aromatic heterocycles. The van der Waals surface area contributed by atoms with E-state index in [2.05, 4.69) is 71.1 Å². The molecule has 0 aliphatic heterocycles. The minimum absolute atomic E-state index is 0.233. The summed E-state index contributed by atoms with van der Waals surface area (Å²) in [6, 6.07) is 9.69. The van der Waals surface area contributed by atoms with Crippen LogP contribution in [0.4, 0.5) is 5.69 Å². The van der Waals surface area contributed by atoms with Gasteiger partial charge < -0.3 is 5.32 Å². The summed E-state index contributed by atoms with van der Waals surface area (Å²) < 4.78 is 0. The van der Waals surface area contributed by atoms with Crippen molar-refractivity contribution in [3.63, 3.8) is 0 Å². The zero-order valence-corrected chi connectivity index (χ0v) is 14.8. The monoisotopic (exact) mass is 287 g/mol. The Morgan fingerprint density at radius 1 is 0.857 bits per heavy atom. The van der Waals surface area contributed by atoms with Gasteiger partial charge in [0.1, 0.15) is 0 Å². The van der Waals surface area contributed by atoms with Crippen LogP contribution < -0.4 is 5.32 Å². The van der Waals surface area contributed by atoms with Crippen molar-refractivity contribution in [2.45, 2.75) is 78.7 Å². The van der Waals surface area contributed by atoms with Gasteiger partial charge in [-0.3, -0.25) is 0 Å². The normalized spacial score (nSPS) is 23.9. The molecule has 1 aliphatic carbocycles. The van der Waals surface area contributed by atoms with E-state index in [1.165, 1.54) is 36.9 Å². The van der Waals surface area contributed by atoms with E-state index in [9.17, 15) is 0 Å². The van der Waals surface area contributed by atoms with Crippen molar-refractivity contribution in [3.8, 4) is 0 Å². The third-order valence-electron chi connectivity index (χ3n) is 4.98. The highest BCUT2D eigenvalue weighted by atomic mass is 14.9. The van der Waals surface area contributed by atoms with Crippen LogP contribution in [0.5, 0.6) is 0 Å². The Labute approximate surface area is 131 Å². The first-order valence-electron chi connectivity index (χ1n) is 8.55. The van der Waals surface area contributed by atoms with Gasteiger partial charge in [-0.05, 0) is 47.3 Å². The lowest BCUT2D eigenvalue weighted by molar-refractivity contribution is 0.163. The molecule has 2 unspecified atom stereocenters. The van der Waals surface area contributed by atoms with E-state index in [0.717, 1.165) is 5.92 Å². The van der Waals surface area contributed by atoms with Crippen LogP contribution in [0, 0.1) is 11.3 Å². The molecule has 21 heavy (non-hydrogen) atoms. The van der Waals surface area contributed by atoms with Crippen LogP contribution in [0.2, 0.25) is 0 Å². The molecule has 2 atom stereocenters. The van der Waals surface area contributed by atoms with Gasteiger partial charge in [0.2, 0.25) is 0 Å². The van der Waals surface area contributed by atoms with Crippen LogP contribution in [0.15, 0.2) is 24.3 Å². The summed E-state index contributed by atoms with van der Waals surface area (Å²) in [6.07, 6.45) is 5.43. The van der Waals surface area contributed by atoms with Crippen LogP contribution in [0.25, 0.3) is 0 Å². The summed E-state index contributed by atoms with van der Waals surface area (Å²) in [6.45, 7) is 14.0. The van der Waals surface area contributed by atoms with E-state index < -0.39 is 0 Å². The Bertz CT molecular complexity index is 444.